The van der Waals surface area contributed by atoms with Crippen molar-refractivity contribution in [3.05, 3.63) is 23.0 Å². The Bertz CT molecular complexity index is 545. The first kappa shape index (κ1) is 15.9. The molecular formula is C15H21ClN2O3. The summed E-state index contributed by atoms with van der Waals surface area (Å²) in [5.74, 6) is -0.821. The number of piperidine rings is 1. The summed E-state index contributed by atoms with van der Waals surface area (Å²) in [6.45, 7) is 2.95. The summed E-state index contributed by atoms with van der Waals surface area (Å²) in [7, 11) is 1.78. The number of likely N-dealkylation sites (tertiary alicyclic amines) is 1. The lowest BCUT2D eigenvalue weighted by Crippen LogP contribution is -2.46. The fourth-order valence-corrected chi connectivity index (χ4v) is 3.34. The number of hydrogen-bond acceptors (Lipinski definition) is 2. The van der Waals surface area contributed by atoms with Gasteiger partial charge in [-0.2, -0.15) is 0 Å². The normalized spacial score (nSPS) is 17.8. The minimum atomic E-state index is -0.738. The lowest BCUT2D eigenvalue weighted by atomic mass is 9.75. The number of rotatable bonds is 4. The number of carboxylic acid groups (broad SMARTS) is 1. The van der Waals surface area contributed by atoms with Crippen LogP contribution in [-0.4, -0.2) is 39.5 Å². The molecule has 2 heterocycles. The van der Waals surface area contributed by atoms with Gasteiger partial charge in [0.05, 0.1) is 10.4 Å². The van der Waals surface area contributed by atoms with Crippen LogP contribution >= 0.6 is 11.6 Å². The summed E-state index contributed by atoms with van der Waals surface area (Å²) >= 11 is 5.91. The van der Waals surface area contributed by atoms with Crippen LogP contribution in [0.1, 0.15) is 43.1 Å². The van der Waals surface area contributed by atoms with Crippen LogP contribution < -0.4 is 0 Å². The van der Waals surface area contributed by atoms with Crippen LogP contribution in [0.3, 0.4) is 0 Å². The Labute approximate surface area is 129 Å². The van der Waals surface area contributed by atoms with Gasteiger partial charge >= 0.3 is 5.97 Å². The van der Waals surface area contributed by atoms with Crippen molar-refractivity contribution in [2.24, 2.45) is 12.5 Å². The molecule has 1 aliphatic heterocycles. The molecule has 5 nitrogen and oxygen atoms in total. The topological polar surface area (TPSA) is 62.5 Å². The molecule has 0 radical (unpaired) electrons. The molecule has 6 heteroatoms. The smallest absolute Gasteiger partial charge is 0.309 e. The van der Waals surface area contributed by atoms with E-state index in [0.29, 0.717) is 43.1 Å². The Morgan fingerprint density at radius 3 is 2.43 bits per heavy atom. The molecule has 0 aliphatic carbocycles. The molecule has 0 spiro atoms. The highest BCUT2D eigenvalue weighted by Crippen LogP contribution is 2.36. The Kier molecular flexibility index (Phi) is 4.61. The van der Waals surface area contributed by atoms with E-state index in [2.05, 4.69) is 0 Å². The fraction of sp³-hybridized carbons (Fsp3) is 0.600. The van der Waals surface area contributed by atoms with E-state index in [1.165, 1.54) is 0 Å². The van der Waals surface area contributed by atoms with Gasteiger partial charge in [0.1, 0.15) is 5.69 Å². The monoisotopic (exact) mass is 312 g/mol. The molecule has 0 bridgehead atoms. The fourth-order valence-electron chi connectivity index (χ4n) is 3.09. The minimum absolute atomic E-state index is 0.0834. The number of hydrogen-bond donors (Lipinski definition) is 1. The van der Waals surface area contributed by atoms with E-state index >= 15 is 0 Å². The Morgan fingerprint density at radius 1 is 1.38 bits per heavy atom. The number of nitrogens with zero attached hydrogens (tertiary/aromatic N) is 2. The second-order valence-corrected chi connectivity index (χ2v) is 6.22. The van der Waals surface area contributed by atoms with Gasteiger partial charge in [-0.25, -0.2) is 0 Å². The molecule has 1 saturated heterocycles. The quantitative estimate of drug-likeness (QED) is 0.930. The maximum Gasteiger partial charge on any atom is 0.309 e. The molecule has 21 heavy (non-hydrogen) atoms. The van der Waals surface area contributed by atoms with Gasteiger partial charge in [-0.1, -0.05) is 24.9 Å². The predicted molar refractivity (Wildman–Crippen MR) is 80.5 cm³/mol. The lowest BCUT2D eigenvalue weighted by Gasteiger charge is -2.38. The number of halogens is 1. The number of amides is 1. The molecule has 0 atom stereocenters. The molecule has 0 aromatic carbocycles. The van der Waals surface area contributed by atoms with Crippen molar-refractivity contribution in [1.29, 1.82) is 0 Å². The lowest BCUT2D eigenvalue weighted by molar-refractivity contribution is -0.152. The van der Waals surface area contributed by atoms with Crippen molar-refractivity contribution in [2.75, 3.05) is 13.1 Å². The van der Waals surface area contributed by atoms with Crippen molar-refractivity contribution in [3.8, 4) is 0 Å². The summed E-state index contributed by atoms with van der Waals surface area (Å²) in [6, 6.07) is 1.65. The van der Waals surface area contributed by atoms with Crippen molar-refractivity contribution in [2.45, 2.75) is 32.6 Å². The molecule has 0 saturated carbocycles. The van der Waals surface area contributed by atoms with E-state index in [4.69, 9.17) is 11.6 Å². The number of carbonyl (C=O) groups excluding carboxylic acids is 1. The summed E-state index contributed by atoms with van der Waals surface area (Å²) in [4.78, 5) is 25.7. The molecule has 1 N–H and O–H groups in total. The standard InChI is InChI=1S/C15H21ClN2O3/c1-3-4-15(14(20)21)5-7-18(8-6-15)13(19)12-9-11(16)10-17(12)2/h9-10H,3-8H2,1-2H3,(H,20,21). The molecule has 116 valence electrons. The highest BCUT2D eigenvalue weighted by Gasteiger charge is 2.41. The van der Waals surface area contributed by atoms with Gasteiger partial charge < -0.3 is 14.6 Å². The number of aliphatic carboxylic acids is 1. The first-order chi connectivity index (χ1) is 9.89. The number of aromatic nitrogens is 1. The molecule has 2 rings (SSSR count). The molecule has 1 aliphatic rings. The molecular weight excluding hydrogens is 292 g/mol. The second kappa shape index (κ2) is 6.10. The average Bonchev–Trinajstić information content (AvgIpc) is 2.78. The van der Waals surface area contributed by atoms with Crippen LogP contribution in [0.4, 0.5) is 0 Å². The van der Waals surface area contributed by atoms with E-state index < -0.39 is 11.4 Å². The third-order valence-electron chi connectivity index (χ3n) is 4.38. The summed E-state index contributed by atoms with van der Waals surface area (Å²) in [5.41, 5.74) is -0.129. The third-order valence-corrected chi connectivity index (χ3v) is 4.59. The Balaban J connectivity index is 2.08. The average molecular weight is 313 g/mol. The van der Waals surface area contributed by atoms with Crippen LogP contribution in [-0.2, 0) is 11.8 Å². The van der Waals surface area contributed by atoms with Crippen LogP contribution in [0.15, 0.2) is 12.3 Å². The van der Waals surface area contributed by atoms with E-state index in [0.717, 1.165) is 6.42 Å². The maximum atomic E-state index is 12.5. The zero-order valence-corrected chi connectivity index (χ0v) is 13.2. The third kappa shape index (κ3) is 3.07. The molecule has 1 fully saturated rings. The summed E-state index contributed by atoms with van der Waals surface area (Å²) in [6.07, 6.45) is 4.23. The second-order valence-electron chi connectivity index (χ2n) is 5.78. The van der Waals surface area contributed by atoms with Gasteiger partial charge in [-0.05, 0) is 25.3 Å². The maximum absolute atomic E-state index is 12.5. The highest BCUT2D eigenvalue weighted by molar-refractivity contribution is 6.31. The predicted octanol–water partition coefficient (Wildman–Crippen LogP) is 2.79. The molecule has 1 amide bonds. The van der Waals surface area contributed by atoms with Crippen LogP contribution in [0, 0.1) is 5.41 Å². The first-order valence-electron chi connectivity index (χ1n) is 7.24. The van der Waals surface area contributed by atoms with Crippen LogP contribution in [0.2, 0.25) is 5.02 Å². The van der Waals surface area contributed by atoms with Crippen molar-refractivity contribution in [3.63, 3.8) is 0 Å². The first-order valence-corrected chi connectivity index (χ1v) is 7.62. The number of carboxylic acids is 1. The zero-order valence-electron chi connectivity index (χ0n) is 12.4. The van der Waals surface area contributed by atoms with Gasteiger partial charge in [-0.15, -0.1) is 0 Å². The zero-order chi connectivity index (χ0) is 15.6. The van der Waals surface area contributed by atoms with Gasteiger partial charge in [0.15, 0.2) is 0 Å². The van der Waals surface area contributed by atoms with E-state index in [-0.39, 0.29) is 5.91 Å². The van der Waals surface area contributed by atoms with Gasteiger partial charge in [0, 0.05) is 26.3 Å². The molecule has 0 unspecified atom stereocenters. The van der Waals surface area contributed by atoms with Crippen molar-refractivity contribution < 1.29 is 14.7 Å². The van der Waals surface area contributed by atoms with Crippen LogP contribution in [0.25, 0.3) is 0 Å². The number of carbonyl (C=O) groups is 2. The SMILES string of the molecule is CCCC1(C(=O)O)CCN(C(=O)c2cc(Cl)cn2C)CC1. The largest absolute Gasteiger partial charge is 0.481 e. The Morgan fingerprint density at radius 2 is 2.00 bits per heavy atom. The van der Waals surface area contributed by atoms with Crippen LogP contribution in [0.5, 0.6) is 0 Å². The van der Waals surface area contributed by atoms with Crippen molar-refractivity contribution in [1.82, 2.24) is 9.47 Å². The molecule has 1 aromatic heterocycles. The molecule has 1 aromatic rings. The van der Waals surface area contributed by atoms with E-state index in [1.54, 1.807) is 28.8 Å². The Hall–Kier alpha value is -1.49. The van der Waals surface area contributed by atoms with Crippen molar-refractivity contribution >= 4 is 23.5 Å². The van der Waals surface area contributed by atoms with E-state index in [9.17, 15) is 14.7 Å². The van der Waals surface area contributed by atoms with Gasteiger partial charge in [-0.3, -0.25) is 9.59 Å². The summed E-state index contributed by atoms with van der Waals surface area (Å²) < 4.78 is 1.70. The van der Waals surface area contributed by atoms with Gasteiger partial charge in [0.25, 0.3) is 5.91 Å². The number of aryl methyl sites for hydroxylation is 1. The summed E-state index contributed by atoms with van der Waals surface area (Å²) in [5, 5.41) is 10.0. The van der Waals surface area contributed by atoms with E-state index in [1.807, 2.05) is 6.92 Å². The minimum Gasteiger partial charge on any atom is -0.481 e. The van der Waals surface area contributed by atoms with Gasteiger partial charge in [0.2, 0.25) is 0 Å². The highest BCUT2D eigenvalue weighted by atomic mass is 35.5.